The average Bonchev–Trinajstić information content (AvgIpc) is 3.45. The molecule has 3 fully saturated rings. The normalized spacial score (nSPS) is 28.2. The van der Waals surface area contributed by atoms with Crippen LogP contribution in [0.3, 0.4) is 0 Å². The van der Waals surface area contributed by atoms with Crippen molar-refractivity contribution >= 4 is 52.5 Å². The third-order valence-corrected chi connectivity index (χ3v) is 11.9. The van der Waals surface area contributed by atoms with E-state index in [9.17, 15) is 42.6 Å². The molecule has 0 bridgehead atoms. The van der Waals surface area contributed by atoms with E-state index in [1.807, 2.05) is 0 Å². The summed E-state index contributed by atoms with van der Waals surface area (Å²) in [5.41, 5.74) is -1.14. The summed E-state index contributed by atoms with van der Waals surface area (Å²) >= 11 is 14.3. The lowest BCUT2D eigenvalue weighted by atomic mass is 9.56. The molecule has 2 aliphatic carbocycles. The molecule has 4 aliphatic rings. The number of phenolic OH excluding ortho intramolecular Hbond substituents is 2. The van der Waals surface area contributed by atoms with Crippen molar-refractivity contribution in [2.24, 2.45) is 17.8 Å². The zero-order chi connectivity index (χ0) is 37.6. The van der Waals surface area contributed by atoms with Crippen LogP contribution in [0, 0.1) is 46.8 Å². The summed E-state index contributed by atoms with van der Waals surface area (Å²) in [4.78, 5) is 51.9. The van der Waals surface area contributed by atoms with Gasteiger partial charge in [-0.3, -0.25) is 24.1 Å². The predicted octanol–water partition coefficient (Wildman–Crippen LogP) is 6.00. The number of carbonyl (C=O) groups excluding carboxylic acids is 4. The summed E-state index contributed by atoms with van der Waals surface area (Å²) in [5.74, 6) is -22.3. The molecule has 0 radical (unpaired) electrons. The summed E-state index contributed by atoms with van der Waals surface area (Å²) in [6.45, 7) is 1.65. The number of aromatic hydroxyl groups is 2. The monoisotopic (exact) mass is 764 g/mol. The molecule has 272 valence electrons. The predicted molar refractivity (Wildman–Crippen MR) is 174 cm³/mol. The Morgan fingerprint density at radius 3 is 2.12 bits per heavy atom. The minimum Gasteiger partial charge on any atom is -0.508 e. The molecule has 52 heavy (non-hydrogen) atoms. The van der Waals surface area contributed by atoms with Gasteiger partial charge in [-0.1, -0.05) is 35.9 Å². The van der Waals surface area contributed by atoms with Gasteiger partial charge in [0.1, 0.15) is 11.4 Å². The van der Waals surface area contributed by atoms with E-state index >= 15 is 8.78 Å². The number of halogens is 7. The summed E-state index contributed by atoms with van der Waals surface area (Å²) in [6.07, 6.45) is 1.05. The maximum Gasteiger partial charge on any atom is 0.258 e. The van der Waals surface area contributed by atoms with E-state index in [1.54, 1.807) is 19.1 Å². The molecule has 0 aromatic heterocycles. The Bertz CT molecular complexity index is 2090. The van der Waals surface area contributed by atoms with Crippen molar-refractivity contribution < 1.29 is 56.1 Å². The number of alkyl halides is 2. The number of benzene rings is 3. The number of ether oxygens (including phenoxy) is 1. The van der Waals surface area contributed by atoms with Crippen LogP contribution in [0.5, 0.6) is 17.2 Å². The second kappa shape index (κ2) is 12.5. The molecule has 4 amide bonds. The Balaban J connectivity index is 1.38. The van der Waals surface area contributed by atoms with Crippen molar-refractivity contribution in [3.8, 4) is 17.2 Å². The summed E-state index contributed by atoms with van der Waals surface area (Å²) in [5, 5.41) is 21.1. The summed E-state index contributed by atoms with van der Waals surface area (Å²) in [7, 11) is 0. The first kappa shape index (κ1) is 35.7. The molecule has 3 aromatic rings. The molecule has 2 aliphatic heterocycles. The number of rotatable bonds is 7. The molecule has 1 saturated carbocycles. The van der Waals surface area contributed by atoms with E-state index in [1.165, 1.54) is 36.4 Å². The van der Waals surface area contributed by atoms with Gasteiger partial charge in [-0.05, 0) is 55.9 Å². The van der Waals surface area contributed by atoms with E-state index < -0.39 is 104 Å². The van der Waals surface area contributed by atoms with Crippen LogP contribution in [0.15, 0.2) is 54.1 Å². The molecule has 16 heteroatoms. The largest absolute Gasteiger partial charge is 0.508 e. The molecule has 9 nitrogen and oxygen atoms in total. The van der Waals surface area contributed by atoms with Crippen LogP contribution in [0.1, 0.15) is 36.8 Å². The van der Waals surface area contributed by atoms with Crippen molar-refractivity contribution in [1.82, 2.24) is 4.90 Å². The number of hydrogen-bond acceptors (Lipinski definition) is 7. The maximum absolute atomic E-state index is 15.3. The van der Waals surface area contributed by atoms with E-state index in [-0.39, 0.29) is 53.5 Å². The van der Waals surface area contributed by atoms with Gasteiger partial charge in [0.05, 0.1) is 18.4 Å². The molecular weight excluding hydrogens is 738 g/mol. The Labute approximate surface area is 302 Å². The number of anilines is 1. The second-order valence-electron chi connectivity index (χ2n) is 13.1. The standard InChI is InChI=1S/C36H27Cl2F5N2O7/c1-2-52-21-5-3-4-19(30(21)47)23-17-10-11-18-22(32(49)44(31(18)48)13-12-15-6-8-16(46)9-7-15)20(17)14-35(37)33(50)45(34(51)36(23,35)38)29-27(42)25(40)24(39)26(41)28(29)43/h3-10,18,20,22-23,46-47H,2,11-14H2,1H3/t18-,20+,22-,23+,35+,36-/m0/s1. The fourth-order valence-corrected chi connectivity index (χ4v) is 9.07. The van der Waals surface area contributed by atoms with Crippen molar-refractivity contribution in [2.75, 3.05) is 18.1 Å². The SMILES string of the molecule is CCOc1cccc([C@H]2C3=CC[C@@H]4C(=O)N(CCc5ccc(O)cc5)C(=O)[C@@H]4[C@@H]3C[C@@]3(Cl)C(=O)N(c4c(F)c(F)c(F)c(F)c4F)C(=O)[C@@]23Cl)c1O. The van der Waals surface area contributed by atoms with Crippen LogP contribution >= 0.6 is 23.2 Å². The Morgan fingerprint density at radius 1 is 0.846 bits per heavy atom. The van der Waals surface area contributed by atoms with Gasteiger partial charge in [-0.15, -0.1) is 23.2 Å². The minimum absolute atomic E-state index is 0.0235. The Hall–Kier alpha value is -4.69. The van der Waals surface area contributed by atoms with Crippen molar-refractivity contribution in [3.05, 3.63) is 94.3 Å². The van der Waals surface area contributed by atoms with Gasteiger partial charge in [-0.25, -0.2) is 26.9 Å². The lowest BCUT2D eigenvalue weighted by Gasteiger charge is -2.50. The van der Waals surface area contributed by atoms with Gasteiger partial charge in [-0.2, -0.15) is 0 Å². The van der Waals surface area contributed by atoms with Crippen LogP contribution in [0.25, 0.3) is 0 Å². The van der Waals surface area contributed by atoms with Gasteiger partial charge >= 0.3 is 0 Å². The molecule has 3 aromatic carbocycles. The number of hydrogen-bond donors (Lipinski definition) is 2. The highest BCUT2D eigenvalue weighted by Crippen LogP contribution is 2.67. The molecule has 6 atom stereocenters. The number of nitrogens with zero attached hydrogens (tertiary/aromatic N) is 2. The summed E-state index contributed by atoms with van der Waals surface area (Å²) < 4.78 is 79.0. The van der Waals surface area contributed by atoms with Crippen LogP contribution in [0.2, 0.25) is 0 Å². The number of amides is 4. The molecule has 0 unspecified atom stereocenters. The van der Waals surface area contributed by atoms with Crippen molar-refractivity contribution in [3.63, 3.8) is 0 Å². The number of imide groups is 2. The number of carbonyl (C=O) groups is 4. The van der Waals surface area contributed by atoms with Gasteiger partial charge < -0.3 is 14.9 Å². The highest BCUT2D eigenvalue weighted by molar-refractivity contribution is 6.58. The molecule has 7 rings (SSSR count). The number of fused-ring (bicyclic) bond motifs is 4. The minimum atomic E-state index is -2.78. The average molecular weight is 766 g/mol. The number of para-hydroxylation sites is 1. The number of allylic oxidation sites excluding steroid dienone is 2. The van der Waals surface area contributed by atoms with E-state index in [2.05, 4.69) is 0 Å². The lowest BCUT2D eigenvalue weighted by Crippen LogP contribution is -2.60. The number of likely N-dealkylation sites (tertiary alicyclic amines) is 1. The highest BCUT2D eigenvalue weighted by Gasteiger charge is 2.77. The quantitative estimate of drug-likeness (QED) is 0.0756. The van der Waals surface area contributed by atoms with Crippen LogP contribution < -0.4 is 9.64 Å². The third-order valence-electron chi connectivity index (χ3n) is 10.5. The number of phenols is 2. The molecule has 2 saturated heterocycles. The molecule has 0 spiro atoms. The lowest BCUT2D eigenvalue weighted by molar-refractivity contribution is -0.140. The van der Waals surface area contributed by atoms with Gasteiger partial charge in [0.15, 0.2) is 44.5 Å². The van der Waals surface area contributed by atoms with E-state index in [0.29, 0.717) is 5.56 Å². The smallest absolute Gasteiger partial charge is 0.258 e. The van der Waals surface area contributed by atoms with Crippen LogP contribution in [-0.4, -0.2) is 61.6 Å². The summed E-state index contributed by atoms with van der Waals surface area (Å²) in [6, 6.07) is 10.3. The molecule has 2 N–H and O–H groups in total. The Morgan fingerprint density at radius 2 is 1.48 bits per heavy atom. The van der Waals surface area contributed by atoms with Crippen LogP contribution in [-0.2, 0) is 25.6 Å². The van der Waals surface area contributed by atoms with Crippen molar-refractivity contribution in [2.45, 2.75) is 41.9 Å². The zero-order valence-corrected chi connectivity index (χ0v) is 28.5. The fourth-order valence-electron chi connectivity index (χ4n) is 8.15. The fraction of sp³-hybridized carbons (Fsp3) is 0.333. The second-order valence-corrected chi connectivity index (χ2v) is 14.3. The third kappa shape index (κ3) is 4.79. The van der Waals surface area contributed by atoms with E-state index in [4.69, 9.17) is 27.9 Å². The topological polar surface area (TPSA) is 124 Å². The van der Waals surface area contributed by atoms with E-state index in [0.717, 1.165) is 4.90 Å². The van der Waals surface area contributed by atoms with Gasteiger partial charge in [0.2, 0.25) is 17.6 Å². The van der Waals surface area contributed by atoms with Gasteiger partial charge in [0.25, 0.3) is 11.8 Å². The zero-order valence-electron chi connectivity index (χ0n) is 26.9. The van der Waals surface area contributed by atoms with Gasteiger partial charge in [0, 0.05) is 18.0 Å². The highest BCUT2D eigenvalue weighted by atomic mass is 35.5. The Kier molecular flexibility index (Phi) is 8.56. The molecular formula is C36H27Cl2F5N2O7. The van der Waals surface area contributed by atoms with Crippen LogP contribution in [0.4, 0.5) is 27.6 Å². The maximum atomic E-state index is 15.3. The first-order chi connectivity index (χ1) is 24.6. The first-order valence-corrected chi connectivity index (χ1v) is 16.9. The molecule has 2 heterocycles. The first-order valence-electron chi connectivity index (χ1n) is 16.2. The van der Waals surface area contributed by atoms with Crippen molar-refractivity contribution in [1.29, 1.82) is 0 Å².